The number of amides is 1. The maximum atomic E-state index is 12.1. The highest BCUT2D eigenvalue weighted by molar-refractivity contribution is 5.93. The standard InChI is InChI=1S/C14H13N5O3/c1-9-12-3-2-10(6-13(12)22-16-9)19-8-11(21-14(19)20)7-18-5-4-15-17-18/h2-6,11H,7-8H2,1H3/t11-/m0/s1. The number of benzene rings is 1. The fourth-order valence-corrected chi connectivity index (χ4v) is 2.59. The Kier molecular flexibility index (Phi) is 2.81. The molecule has 1 atom stereocenters. The molecule has 1 aliphatic heterocycles. The van der Waals surface area contributed by atoms with E-state index in [1.807, 2.05) is 19.1 Å². The highest BCUT2D eigenvalue weighted by atomic mass is 16.6. The molecular formula is C14H13N5O3. The zero-order valence-electron chi connectivity index (χ0n) is 11.8. The highest BCUT2D eigenvalue weighted by Crippen LogP contribution is 2.27. The van der Waals surface area contributed by atoms with Crippen molar-refractivity contribution < 1.29 is 14.1 Å². The van der Waals surface area contributed by atoms with E-state index in [0.29, 0.717) is 18.7 Å². The second kappa shape index (κ2) is 4.83. The normalized spacial score (nSPS) is 18.1. The molecule has 0 unspecified atom stereocenters. The van der Waals surface area contributed by atoms with Crippen LogP contribution in [0.25, 0.3) is 11.0 Å². The molecule has 3 heterocycles. The molecule has 2 aromatic heterocycles. The lowest BCUT2D eigenvalue weighted by molar-refractivity contribution is 0.129. The molecule has 1 saturated heterocycles. The minimum Gasteiger partial charge on any atom is -0.442 e. The molecule has 1 amide bonds. The summed E-state index contributed by atoms with van der Waals surface area (Å²) in [5.74, 6) is 0. The van der Waals surface area contributed by atoms with Crippen molar-refractivity contribution in [1.82, 2.24) is 20.2 Å². The van der Waals surface area contributed by atoms with Crippen LogP contribution in [0.1, 0.15) is 5.69 Å². The van der Waals surface area contributed by atoms with E-state index >= 15 is 0 Å². The summed E-state index contributed by atoms with van der Waals surface area (Å²) in [6, 6.07) is 5.56. The molecule has 0 saturated carbocycles. The number of aryl methyl sites for hydroxylation is 1. The smallest absolute Gasteiger partial charge is 0.414 e. The molecule has 0 spiro atoms. The van der Waals surface area contributed by atoms with Gasteiger partial charge in [0.15, 0.2) is 5.58 Å². The molecule has 0 aliphatic carbocycles. The molecule has 0 N–H and O–H groups in total. The fraction of sp³-hybridized carbons (Fsp3) is 0.286. The second-order valence-corrected chi connectivity index (χ2v) is 5.19. The summed E-state index contributed by atoms with van der Waals surface area (Å²) < 4.78 is 12.3. The molecule has 112 valence electrons. The van der Waals surface area contributed by atoms with Crippen molar-refractivity contribution in [2.75, 3.05) is 11.4 Å². The minimum atomic E-state index is -0.374. The molecule has 1 fully saturated rings. The second-order valence-electron chi connectivity index (χ2n) is 5.19. The van der Waals surface area contributed by atoms with Gasteiger partial charge in [0.1, 0.15) is 6.10 Å². The molecule has 8 nitrogen and oxygen atoms in total. The third-order valence-electron chi connectivity index (χ3n) is 3.68. The third-order valence-corrected chi connectivity index (χ3v) is 3.68. The molecule has 4 rings (SSSR count). The van der Waals surface area contributed by atoms with Gasteiger partial charge in [0.05, 0.1) is 30.7 Å². The Morgan fingerprint density at radius 1 is 1.41 bits per heavy atom. The van der Waals surface area contributed by atoms with E-state index in [1.165, 1.54) is 0 Å². The van der Waals surface area contributed by atoms with Crippen LogP contribution >= 0.6 is 0 Å². The summed E-state index contributed by atoms with van der Waals surface area (Å²) in [7, 11) is 0. The molecule has 0 bridgehead atoms. The fourth-order valence-electron chi connectivity index (χ4n) is 2.59. The van der Waals surface area contributed by atoms with Gasteiger partial charge in [-0.2, -0.15) is 0 Å². The van der Waals surface area contributed by atoms with Gasteiger partial charge in [-0.1, -0.05) is 10.4 Å². The number of anilines is 1. The maximum absolute atomic E-state index is 12.1. The van der Waals surface area contributed by atoms with Crippen LogP contribution in [0.4, 0.5) is 10.5 Å². The number of carbonyl (C=O) groups excluding carboxylic acids is 1. The van der Waals surface area contributed by atoms with Crippen molar-refractivity contribution in [2.24, 2.45) is 0 Å². The molecule has 1 aliphatic rings. The number of hydrogen-bond donors (Lipinski definition) is 0. The van der Waals surface area contributed by atoms with Crippen LogP contribution in [-0.4, -0.2) is 38.9 Å². The van der Waals surface area contributed by atoms with Crippen molar-refractivity contribution >= 4 is 22.7 Å². The number of cyclic esters (lactones) is 1. The van der Waals surface area contributed by atoms with Gasteiger partial charge in [-0.25, -0.2) is 9.48 Å². The van der Waals surface area contributed by atoms with Crippen molar-refractivity contribution in [2.45, 2.75) is 19.6 Å². The zero-order valence-corrected chi connectivity index (χ0v) is 11.8. The number of nitrogens with zero attached hydrogens (tertiary/aromatic N) is 5. The van der Waals surface area contributed by atoms with E-state index in [1.54, 1.807) is 28.0 Å². The average Bonchev–Trinajstić information content (AvgIpc) is 3.21. The Morgan fingerprint density at radius 3 is 3.14 bits per heavy atom. The van der Waals surface area contributed by atoms with E-state index < -0.39 is 0 Å². The number of rotatable bonds is 3. The summed E-state index contributed by atoms with van der Waals surface area (Å²) in [5.41, 5.74) is 2.21. The third kappa shape index (κ3) is 2.09. The number of carbonyl (C=O) groups is 1. The Morgan fingerprint density at radius 2 is 2.32 bits per heavy atom. The predicted molar refractivity (Wildman–Crippen MR) is 76.4 cm³/mol. The van der Waals surface area contributed by atoms with Gasteiger partial charge in [0.2, 0.25) is 0 Å². The molecule has 1 aromatic carbocycles. The van der Waals surface area contributed by atoms with Gasteiger partial charge in [0.25, 0.3) is 0 Å². The first-order valence-electron chi connectivity index (χ1n) is 6.89. The minimum absolute atomic E-state index is 0.263. The summed E-state index contributed by atoms with van der Waals surface area (Å²) in [6.07, 6.45) is 2.69. The number of hydrogen-bond acceptors (Lipinski definition) is 6. The van der Waals surface area contributed by atoms with Crippen LogP contribution in [0.15, 0.2) is 35.1 Å². The molecule has 8 heteroatoms. The lowest BCUT2D eigenvalue weighted by Gasteiger charge is -2.12. The summed E-state index contributed by atoms with van der Waals surface area (Å²) >= 11 is 0. The largest absolute Gasteiger partial charge is 0.442 e. The van der Waals surface area contributed by atoms with Crippen molar-refractivity contribution in [3.8, 4) is 0 Å². The first kappa shape index (κ1) is 12.8. The molecule has 3 aromatic rings. The van der Waals surface area contributed by atoms with E-state index in [4.69, 9.17) is 9.26 Å². The first-order valence-corrected chi connectivity index (χ1v) is 6.89. The summed E-state index contributed by atoms with van der Waals surface area (Å²) in [6.45, 7) is 2.81. The van der Waals surface area contributed by atoms with Crippen molar-refractivity contribution in [1.29, 1.82) is 0 Å². The maximum Gasteiger partial charge on any atom is 0.414 e. The van der Waals surface area contributed by atoms with E-state index in [2.05, 4.69) is 15.5 Å². The first-order chi connectivity index (χ1) is 10.7. The Bertz CT molecular complexity index is 826. The van der Waals surface area contributed by atoms with Gasteiger partial charge in [-0.3, -0.25) is 4.90 Å². The van der Waals surface area contributed by atoms with Crippen LogP contribution in [0.3, 0.4) is 0 Å². The predicted octanol–water partition coefficient (Wildman–Crippen LogP) is 1.75. The molecule has 22 heavy (non-hydrogen) atoms. The SMILES string of the molecule is Cc1noc2cc(N3C[C@H](Cn4ccnn4)OC3=O)ccc12. The van der Waals surface area contributed by atoms with Crippen LogP contribution in [0.2, 0.25) is 0 Å². The van der Waals surface area contributed by atoms with E-state index in [-0.39, 0.29) is 12.2 Å². The van der Waals surface area contributed by atoms with Gasteiger partial charge < -0.3 is 9.26 Å². The Hall–Kier alpha value is -2.90. The Labute approximate surface area is 125 Å². The average molecular weight is 299 g/mol. The van der Waals surface area contributed by atoms with E-state index in [0.717, 1.165) is 16.8 Å². The van der Waals surface area contributed by atoms with Gasteiger partial charge >= 0.3 is 6.09 Å². The monoisotopic (exact) mass is 299 g/mol. The zero-order chi connectivity index (χ0) is 15.1. The van der Waals surface area contributed by atoms with Gasteiger partial charge in [-0.15, -0.1) is 5.10 Å². The van der Waals surface area contributed by atoms with Crippen LogP contribution in [-0.2, 0) is 11.3 Å². The Balaban J connectivity index is 1.57. The number of fused-ring (bicyclic) bond motifs is 1. The van der Waals surface area contributed by atoms with Crippen molar-refractivity contribution in [3.63, 3.8) is 0 Å². The van der Waals surface area contributed by atoms with E-state index in [9.17, 15) is 4.79 Å². The number of ether oxygens (including phenoxy) is 1. The van der Waals surface area contributed by atoms with Crippen LogP contribution < -0.4 is 4.90 Å². The van der Waals surface area contributed by atoms with Crippen LogP contribution in [0, 0.1) is 6.92 Å². The summed E-state index contributed by atoms with van der Waals surface area (Å²) in [5, 5.41) is 12.5. The topological polar surface area (TPSA) is 86.3 Å². The van der Waals surface area contributed by atoms with Crippen LogP contribution in [0.5, 0.6) is 0 Å². The van der Waals surface area contributed by atoms with Gasteiger partial charge in [0, 0.05) is 17.6 Å². The van der Waals surface area contributed by atoms with Crippen molar-refractivity contribution in [3.05, 3.63) is 36.3 Å². The molecular weight excluding hydrogens is 286 g/mol. The molecule has 0 radical (unpaired) electrons. The lowest BCUT2D eigenvalue weighted by Crippen LogP contribution is -2.26. The number of aromatic nitrogens is 4. The summed E-state index contributed by atoms with van der Waals surface area (Å²) in [4.78, 5) is 13.6. The quantitative estimate of drug-likeness (QED) is 0.732. The highest BCUT2D eigenvalue weighted by Gasteiger charge is 2.33. The van der Waals surface area contributed by atoms with Gasteiger partial charge in [-0.05, 0) is 19.1 Å². The lowest BCUT2D eigenvalue weighted by atomic mass is 10.2.